The summed E-state index contributed by atoms with van der Waals surface area (Å²) in [5.41, 5.74) is 0.637. The number of nitrogens with one attached hydrogen (secondary N) is 1. The van der Waals surface area contributed by atoms with Crippen molar-refractivity contribution < 1.29 is 9.72 Å². The fourth-order valence-corrected chi connectivity index (χ4v) is 1.94. The minimum atomic E-state index is -0.411. The third kappa shape index (κ3) is 3.75. The SMILES string of the molecule is CC(NC(C)c1ccccc1[N+](=O)[O-])C(=O)N(C)C. The molecule has 1 rings (SSSR count). The van der Waals surface area contributed by atoms with E-state index in [1.807, 2.05) is 6.92 Å². The smallest absolute Gasteiger partial charge is 0.274 e. The number of hydrogen-bond acceptors (Lipinski definition) is 4. The molecule has 0 saturated carbocycles. The van der Waals surface area contributed by atoms with Gasteiger partial charge in [0.15, 0.2) is 0 Å². The zero-order valence-electron chi connectivity index (χ0n) is 11.6. The van der Waals surface area contributed by atoms with Gasteiger partial charge < -0.3 is 4.90 Å². The lowest BCUT2D eigenvalue weighted by Gasteiger charge is -2.22. The molecule has 0 heterocycles. The summed E-state index contributed by atoms with van der Waals surface area (Å²) in [5, 5.41) is 14.0. The van der Waals surface area contributed by atoms with Crippen molar-refractivity contribution in [3.63, 3.8) is 0 Å². The molecule has 0 aliphatic carbocycles. The van der Waals surface area contributed by atoms with E-state index in [4.69, 9.17) is 0 Å². The van der Waals surface area contributed by atoms with Crippen LogP contribution >= 0.6 is 0 Å². The first-order chi connectivity index (χ1) is 8.84. The molecule has 2 unspecified atom stereocenters. The number of para-hydroxylation sites is 1. The van der Waals surface area contributed by atoms with Crippen LogP contribution in [0.2, 0.25) is 0 Å². The van der Waals surface area contributed by atoms with E-state index in [1.54, 1.807) is 39.2 Å². The van der Waals surface area contributed by atoms with E-state index in [2.05, 4.69) is 5.32 Å². The Morgan fingerprint density at radius 3 is 2.42 bits per heavy atom. The Morgan fingerprint density at radius 1 is 1.32 bits per heavy atom. The van der Waals surface area contributed by atoms with Crippen molar-refractivity contribution in [1.29, 1.82) is 0 Å². The van der Waals surface area contributed by atoms with Crippen LogP contribution in [0.1, 0.15) is 25.5 Å². The molecule has 0 spiro atoms. The third-order valence-corrected chi connectivity index (χ3v) is 2.91. The zero-order valence-corrected chi connectivity index (χ0v) is 11.6. The molecule has 0 bridgehead atoms. The third-order valence-electron chi connectivity index (χ3n) is 2.91. The fraction of sp³-hybridized carbons (Fsp3) is 0.462. The summed E-state index contributed by atoms with van der Waals surface area (Å²) in [6, 6.07) is 5.86. The van der Waals surface area contributed by atoms with E-state index >= 15 is 0 Å². The predicted octanol–water partition coefficient (Wildman–Crippen LogP) is 1.72. The molecule has 2 atom stereocenters. The maximum absolute atomic E-state index is 11.8. The molecule has 1 N–H and O–H groups in total. The first-order valence-electron chi connectivity index (χ1n) is 6.05. The second kappa shape index (κ2) is 6.29. The van der Waals surface area contributed by atoms with Crippen LogP contribution in [-0.4, -0.2) is 35.9 Å². The second-order valence-corrected chi connectivity index (χ2v) is 4.66. The number of likely N-dealkylation sites (N-methyl/N-ethyl adjacent to an activating group) is 1. The first-order valence-corrected chi connectivity index (χ1v) is 6.05. The van der Waals surface area contributed by atoms with Crippen molar-refractivity contribution in [1.82, 2.24) is 10.2 Å². The first kappa shape index (κ1) is 15.1. The minimum Gasteiger partial charge on any atom is -0.347 e. The van der Waals surface area contributed by atoms with Gasteiger partial charge in [0.05, 0.1) is 11.0 Å². The van der Waals surface area contributed by atoms with Gasteiger partial charge >= 0.3 is 0 Å². The molecule has 0 aromatic heterocycles. The van der Waals surface area contributed by atoms with Crippen LogP contribution in [0.5, 0.6) is 0 Å². The Labute approximate surface area is 112 Å². The van der Waals surface area contributed by atoms with E-state index in [0.29, 0.717) is 5.56 Å². The van der Waals surface area contributed by atoms with Gasteiger partial charge in [0.25, 0.3) is 5.69 Å². The molecule has 1 aromatic rings. The highest BCUT2D eigenvalue weighted by Crippen LogP contribution is 2.24. The summed E-state index contributed by atoms with van der Waals surface area (Å²) < 4.78 is 0. The standard InChI is InChI=1S/C13H19N3O3/c1-9(14-10(2)13(17)15(3)4)11-7-5-6-8-12(11)16(18)19/h5-10,14H,1-4H3. The van der Waals surface area contributed by atoms with Crippen LogP contribution in [0.15, 0.2) is 24.3 Å². The summed E-state index contributed by atoms with van der Waals surface area (Å²) >= 11 is 0. The van der Waals surface area contributed by atoms with Crippen LogP contribution in [-0.2, 0) is 4.79 Å². The Morgan fingerprint density at radius 2 is 1.89 bits per heavy atom. The van der Waals surface area contributed by atoms with Gasteiger partial charge in [-0.1, -0.05) is 18.2 Å². The Balaban J connectivity index is 2.87. The quantitative estimate of drug-likeness (QED) is 0.649. The number of nitro groups is 1. The van der Waals surface area contributed by atoms with Crippen LogP contribution < -0.4 is 5.32 Å². The molecule has 0 radical (unpaired) electrons. The maximum Gasteiger partial charge on any atom is 0.274 e. The lowest BCUT2D eigenvalue weighted by atomic mass is 10.1. The molecule has 19 heavy (non-hydrogen) atoms. The largest absolute Gasteiger partial charge is 0.347 e. The lowest BCUT2D eigenvalue weighted by molar-refractivity contribution is -0.385. The van der Waals surface area contributed by atoms with E-state index in [0.717, 1.165) is 0 Å². The second-order valence-electron chi connectivity index (χ2n) is 4.66. The van der Waals surface area contributed by atoms with Crippen LogP contribution in [0.4, 0.5) is 5.69 Å². The van der Waals surface area contributed by atoms with Crippen molar-refractivity contribution in [3.05, 3.63) is 39.9 Å². The highest BCUT2D eigenvalue weighted by atomic mass is 16.6. The van der Waals surface area contributed by atoms with Crippen molar-refractivity contribution in [2.75, 3.05) is 14.1 Å². The summed E-state index contributed by atoms with van der Waals surface area (Å²) in [6.45, 7) is 3.55. The van der Waals surface area contributed by atoms with Gasteiger partial charge in [-0.15, -0.1) is 0 Å². The highest BCUT2D eigenvalue weighted by Gasteiger charge is 2.22. The lowest BCUT2D eigenvalue weighted by Crippen LogP contribution is -2.42. The molecule has 6 heteroatoms. The molecule has 1 aromatic carbocycles. The topological polar surface area (TPSA) is 75.5 Å². The number of rotatable bonds is 5. The number of benzene rings is 1. The highest BCUT2D eigenvalue weighted by molar-refractivity contribution is 5.81. The summed E-state index contributed by atoms with van der Waals surface area (Å²) in [7, 11) is 3.35. The number of carbonyl (C=O) groups is 1. The Bertz CT molecular complexity index is 474. The summed E-state index contributed by atoms with van der Waals surface area (Å²) in [6.07, 6.45) is 0. The average molecular weight is 265 g/mol. The van der Waals surface area contributed by atoms with Crippen LogP contribution in [0.3, 0.4) is 0 Å². The number of amides is 1. The molecule has 0 fully saturated rings. The van der Waals surface area contributed by atoms with Gasteiger partial charge in [0.1, 0.15) is 0 Å². The van der Waals surface area contributed by atoms with Crippen LogP contribution in [0.25, 0.3) is 0 Å². The van der Waals surface area contributed by atoms with Gasteiger partial charge in [0, 0.05) is 31.8 Å². The molecule has 0 aliphatic rings. The molecule has 0 saturated heterocycles. The van der Waals surface area contributed by atoms with Gasteiger partial charge in [-0.05, 0) is 13.8 Å². The van der Waals surface area contributed by atoms with E-state index < -0.39 is 11.0 Å². The summed E-state index contributed by atoms with van der Waals surface area (Å²) in [4.78, 5) is 23.8. The fourth-order valence-electron chi connectivity index (χ4n) is 1.94. The van der Waals surface area contributed by atoms with E-state index in [9.17, 15) is 14.9 Å². The van der Waals surface area contributed by atoms with Crippen molar-refractivity contribution >= 4 is 11.6 Å². The van der Waals surface area contributed by atoms with E-state index in [1.165, 1.54) is 11.0 Å². The molecule has 0 aliphatic heterocycles. The molecule has 6 nitrogen and oxygen atoms in total. The summed E-state index contributed by atoms with van der Waals surface area (Å²) in [5.74, 6) is -0.0644. The maximum atomic E-state index is 11.8. The average Bonchev–Trinajstić information content (AvgIpc) is 2.37. The van der Waals surface area contributed by atoms with Gasteiger partial charge in [-0.25, -0.2) is 0 Å². The zero-order chi connectivity index (χ0) is 14.6. The predicted molar refractivity (Wildman–Crippen MR) is 72.8 cm³/mol. The molecule has 104 valence electrons. The molecular formula is C13H19N3O3. The molecule has 1 amide bonds. The number of carbonyl (C=O) groups excluding carboxylic acids is 1. The van der Waals surface area contributed by atoms with Gasteiger partial charge in [0.2, 0.25) is 5.91 Å². The monoisotopic (exact) mass is 265 g/mol. The number of nitrogens with zero attached hydrogens (tertiary/aromatic N) is 2. The van der Waals surface area contributed by atoms with Gasteiger partial charge in [-0.3, -0.25) is 20.2 Å². The number of hydrogen-bond donors (Lipinski definition) is 1. The van der Waals surface area contributed by atoms with Crippen molar-refractivity contribution in [3.8, 4) is 0 Å². The Kier molecular flexibility index (Phi) is 5.00. The Hall–Kier alpha value is -1.95. The molecular weight excluding hydrogens is 246 g/mol. The normalized spacial score (nSPS) is 13.7. The van der Waals surface area contributed by atoms with Gasteiger partial charge in [-0.2, -0.15) is 0 Å². The van der Waals surface area contributed by atoms with E-state index in [-0.39, 0.29) is 17.6 Å². The van der Waals surface area contributed by atoms with Crippen molar-refractivity contribution in [2.45, 2.75) is 25.9 Å². The number of nitro benzene ring substituents is 1. The van der Waals surface area contributed by atoms with Crippen molar-refractivity contribution in [2.24, 2.45) is 0 Å². The minimum absolute atomic E-state index is 0.0620. The van der Waals surface area contributed by atoms with Crippen LogP contribution in [0, 0.1) is 10.1 Å².